The Bertz CT molecular complexity index is 479. The van der Waals surface area contributed by atoms with Gasteiger partial charge in [-0.25, -0.2) is 4.98 Å². The highest BCUT2D eigenvalue weighted by molar-refractivity contribution is 5.57. The molecular formula is C13H16N2O3. The number of ether oxygens (including phenoxy) is 2. The zero-order valence-corrected chi connectivity index (χ0v) is 10.3. The van der Waals surface area contributed by atoms with Gasteiger partial charge in [-0.1, -0.05) is 0 Å². The third-order valence-corrected chi connectivity index (χ3v) is 2.42. The fourth-order valence-corrected chi connectivity index (χ4v) is 1.50. The molecule has 18 heavy (non-hydrogen) atoms. The number of hydrogen-bond donors (Lipinski definition) is 1. The Hall–Kier alpha value is -1.85. The first-order valence-corrected chi connectivity index (χ1v) is 5.70. The number of methoxy groups -OCH3 is 1. The third kappa shape index (κ3) is 3.09. The van der Waals surface area contributed by atoms with Crippen molar-refractivity contribution < 1.29 is 13.9 Å². The molecule has 2 N–H and O–H groups in total. The molecule has 0 saturated heterocycles. The van der Waals surface area contributed by atoms with Gasteiger partial charge in [0.1, 0.15) is 12.4 Å². The first kappa shape index (κ1) is 12.6. The summed E-state index contributed by atoms with van der Waals surface area (Å²) < 4.78 is 15.8. The van der Waals surface area contributed by atoms with Crippen LogP contribution in [0.3, 0.4) is 0 Å². The first-order valence-electron chi connectivity index (χ1n) is 5.70. The van der Waals surface area contributed by atoms with Crippen LogP contribution >= 0.6 is 0 Å². The number of benzene rings is 1. The summed E-state index contributed by atoms with van der Waals surface area (Å²) in [4.78, 5) is 4.05. The summed E-state index contributed by atoms with van der Waals surface area (Å²) in [6, 6.07) is 7.61. The quantitative estimate of drug-likeness (QED) is 0.790. The Morgan fingerprint density at radius 2 is 2.00 bits per heavy atom. The summed E-state index contributed by atoms with van der Waals surface area (Å²) in [7, 11) is 1.64. The molecule has 0 aliphatic rings. The summed E-state index contributed by atoms with van der Waals surface area (Å²) in [6.45, 7) is 1.41. The van der Waals surface area contributed by atoms with Crippen molar-refractivity contribution in [3.63, 3.8) is 0 Å². The second-order valence-corrected chi connectivity index (χ2v) is 3.69. The van der Waals surface area contributed by atoms with Gasteiger partial charge in [-0.3, -0.25) is 0 Å². The molecule has 1 heterocycles. The van der Waals surface area contributed by atoms with E-state index in [0.29, 0.717) is 31.4 Å². The highest BCUT2D eigenvalue weighted by Crippen LogP contribution is 2.23. The lowest BCUT2D eigenvalue weighted by molar-refractivity contribution is 0.146. The van der Waals surface area contributed by atoms with E-state index in [1.54, 1.807) is 13.3 Å². The van der Waals surface area contributed by atoms with Crippen molar-refractivity contribution in [2.75, 3.05) is 20.3 Å². The van der Waals surface area contributed by atoms with Gasteiger partial charge in [0.05, 0.1) is 19.3 Å². The molecule has 5 nitrogen and oxygen atoms in total. The minimum Gasteiger partial charge on any atom is -0.491 e. The zero-order chi connectivity index (χ0) is 12.8. The molecule has 1 aromatic carbocycles. The van der Waals surface area contributed by atoms with Crippen LogP contribution in [0.1, 0.15) is 5.89 Å². The number of hydrogen-bond acceptors (Lipinski definition) is 5. The smallest absolute Gasteiger partial charge is 0.208 e. The van der Waals surface area contributed by atoms with Crippen LogP contribution in [0.15, 0.2) is 34.9 Å². The monoisotopic (exact) mass is 248 g/mol. The van der Waals surface area contributed by atoms with Gasteiger partial charge in [-0.2, -0.15) is 0 Å². The maximum Gasteiger partial charge on any atom is 0.208 e. The molecule has 0 saturated carbocycles. The number of nitrogens with zero attached hydrogens (tertiary/aromatic N) is 1. The molecule has 0 fully saturated rings. The van der Waals surface area contributed by atoms with E-state index in [-0.39, 0.29) is 0 Å². The van der Waals surface area contributed by atoms with Crippen molar-refractivity contribution in [3.05, 3.63) is 36.4 Å². The average molecular weight is 248 g/mol. The molecule has 0 spiro atoms. The van der Waals surface area contributed by atoms with Crippen LogP contribution in [0, 0.1) is 0 Å². The lowest BCUT2D eigenvalue weighted by Crippen LogP contribution is -2.03. The maximum absolute atomic E-state index is 5.47. The topological polar surface area (TPSA) is 70.5 Å². The van der Waals surface area contributed by atoms with Crippen LogP contribution in [0.2, 0.25) is 0 Å². The van der Waals surface area contributed by atoms with Gasteiger partial charge < -0.3 is 19.6 Å². The van der Waals surface area contributed by atoms with Crippen LogP contribution < -0.4 is 10.5 Å². The Kier molecular flexibility index (Phi) is 4.33. The average Bonchev–Trinajstić information content (AvgIpc) is 2.89. The Labute approximate surface area is 106 Å². The van der Waals surface area contributed by atoms with Gasteiger partial charge >= 0.3 is 0 Å². The minimum atomic E-state index is 0.304. The third-order valence-electron chi connectivity index (χ3n) is 2.42. The van der Waals surface area contributed by atoms with E-state index in [1.165, 1.54) is 0 Å². The molecule has 0 atom stereocenters. The predicted molar refractivity (Wildman–Crippen MR) is 67.2 cm³/mol. The highest BCUT2D eigenvalue weighted by atomic mass is 16.5. The van der Waals surface area contributed by atoms with E-state index in [9.17, 15) is 0 Å². The molecular weight excluding hydrogens is 232 g/mol. The Balaban J connectivity index is 2.02. The molecule has 0 aliphatic heterocycles. The molecule has 0 amide bonds. The fraction of sp³-hybridized carbons (Fsp3) is 0.308. The van der Waals surface area contributed by atoms with Crippen molar-refractivity contribution in [1.82, 2.24) is 4.98 Å². The summed E-state index contributed by atoms with van der Waals surface area (Å²) >= 11 is 0. The van der Waals surface area contributed by atoms with Crippen LogP contribution in [0.25, 0.3) is 11.3 Å². The second kappa shape index (κ2) is 6.18. The molecule has 2 aromatic rings. The fourth-order valence-electron chi connectivity index (χ4n) is 1.50. The van der Waals surface area contributed by atoms with E-state index in [1.807, 2.05) is 24.3 Å². The van der Waals surface area contributed by atoms with Gasteiger partial charge in [0.25, 0.3) is 0 Å². The molecule has 5 heteroatoms. The summed E-state index contributed by atoms with van der Waals surface area (Å²) in [5.74, 6) is 2.04. The van der Waals surface area contributed by atoms with Gasteiger partial charge in [0, 0.05) is 12.7 Å². The Morgan fingerprint density at radius 1 is 1.22 bits per heavy atom. The van der Waals surface area contributed by atoms with Gasteiger partial charge in [0.2, 0.25) is 5.89 Å². The highest BCUT2D eigenvalue weighted by Gasteiger charge is 2.05. The first-order chi connectivity index (χ1) is 8.83. The van der Waals surface area contributed by atoms with E-state index >= 15 is 0 Å². The van der Waals surface area contributed by atoms with Gasteiger partial charge in [0.15, 0.2) is 5.76 Å². The van der Waals surface area contributed by atoms with Gasteiger partial charge in [-0.05, 0) is 24.3 Å². The second-order valence-electron chi connectivity index (χ2n) is 3.69. The summed E-state index contributed by atoms with van der Waals surface area (Å²) in [6.07, 6.45) is 1.67. The van der Waals surface area contributed by atoms with Crippen LogP contribution in [-0.4, -0.2) is 25.3 Å². The number of oxazole rings is 1. The van der Waals surface area contributed by atoms with E-state index < -0.39 is 0 Å². The predicted octanol–water partition coefficient (Wildman–Crippen LogP) is 1.83. The van der Waals surface area contributed by atoms with Crippen LogP contribution in [-0.2, 0) is 11.3 Å². The van der Waals surface area contributed by atoms with E-state index in [4.69, 9.17) is 19.6 Å². The Morgan fingerprint density at radius 3 is 2.61 bits per heavy atom. The lowest BCUT2D eigenvalue weighted by atomic mass is 10.2. The normalized spacial score (nSPS) is 10.6. The molecule has 0 unspecified atom stereocenters. The van der Waals surface area contributed by atoms with Crippen molar-refractivity contribution >= 4 is 0 Å². The van der Waals surface area contributed by atoms with Crippen molar-refractivity contribution in [2.45, 2.75) is 6.54 Å². The number of rotatable bonds is 6. The number of aromatic nitrogens is 1. The zero-order valence-electron chi connectivity index (χ0n) is 10.3. The lowest BCUT2D eigenvalue weighted by Gasteiger charge is -2.05. The number of nitrogens with two attached hydrogens (primary N) is 1. The standard InChI is InChI=1S/C13H16N2O3/c1-16-6-7-17-11-4-2-10(3-5-11)12-9-15-13(8-14)18-12/h2-5,9H,6-8,14H2,1H3. The van der Waals surface area contributed by atoms with Crippen LogP contribution in [0.4, 0.5) is 0 Å². The summed E-state index contributed by atoms with van der Waals surface area (Å²) in [5.41, 5.74) is 6.39. The molecule has 96 valence electrons. The maximum atomic E-state index is 5.47. The van der Waals surface area contributed by atoms with Crippen LogP contribution in [0.5, 0.6) is 5.75 Å². The minimum absolute atomic E-state index is 0.304. The van der Waals surface area contributed by atoms with Crippen molar-refractivity contribution in [3.8, 4) is 17.1 Å². The molecule has 1 aromatic heterocycles. The molecule has 2 rings (SSSR count). The molecule has 0 aliphatic carbocycles. The molecule has 0 radical (unpaired) electrons. The summed E-state index contributed by atoms with van der Waals surface area (Å²) in [5, 5.41) is 0. The van der Waals surface area contributed by atoms with Crippen molar-refractivity contribution in [1.29, 1.82) is 0 Å². The van der Waals surface area contributed by atoms with E-state index in [0.717, 1.165) is 11.3 Å². The largest absolute Gasteiger partial charge is 0.491 e. The van der Waals surface area contributed by atoms with Crippen molar-refractivity contribution in [2.24, 2.45) is 5.73 Å². The van der Waals surface area contributed by atoms with Gasteiger partial charge in [-0.15, -0.1) is 0 Å². The molecule has 0 bridgehead atoms. The van der Waals surface area contributed by atoms with E-state index in [2.05, 4.69) is 4.98 Å². The SMILES string of the molecule is COCCOc1ccc(-c2cnc(CN)o2)cc1.